The average molecular weight is 308 g/mol. The Bertz CT molecular complexity index is 544. The van der Waals surface area contributed by atoms with E-state index >= 15 is 0 Å². The lowest BCUT2D eigenvalue weighted by Crippen LogP contribution is -2.43. The van der Waals surface area contributed by atoms with Crippen molar-refractivity contribution in [1.29, 1.82) is 0 Å². The van der Waals surface area contributed by atoms with Gasteiger partial charge in [0.05, 0.1) is 35.3 Å². The second kappa shape index (κ2) is 5.85. The molecule has 0 saturated carbocycles. The zero-order valence-electron chi connectivity index (χ0n) is 12.1. The molecule has 0 amide bonds. The minimum Gasteiger partial charge on any atom is -0.459 e. The minimum atomic E-state index is -0.333. The van der Waals surface area contributed by atoms with Crippen molar-refractivity contribution >= 4 is 23.4 Å². The van der Waals surface area contributed by atoms with E-state index in [1.54, 1.807) is 19.2 Å². The van der Waals surface area contributed by atoms with E-state index in [2.05, 4.69) is 4.98 Å². The number of ether oxygens (including phenoxy) is 2. The lowest BCUT2D eigenvalue weighted by atomic mass is 9.91. The topological polar surface area (TPSA) is 74.4 Å². The predicted octanol–water partition coefficient (Wildman–Crippen LogP) is 2.18. The Kier molecular flexibility index (Phi) is 4.08. The van der Waals surface area contributed by atoms with Crippen molar-refractivity contribution < 1.29 is 14.3 Å². The predicted molar refractivity (Wildman–Crippen MR) is 82.4 cm³/mol. The number of carbonyl (C=O) groups is 1. The summed E-state index contributed by atoms with van der Waals surface area (Å²) < 4.78 is 11.6. The van der Waals surface area contributed by atoms with E-state index in [4.69, 9.17) is 15.2 Å². The Morgan fingerprint density at radius 2 is 2.48 bits per heavy atom. The number of rotatable bonds is 2. The Labute approximate surface area is 128 Å². The molecule has 1 aromatic rings. The third kappa shape index (κ3) is 3.16. The monoisotopic (exact) mass is 308 g/mol. The van der Waals surface area contributed by atoms with E-state index in [0.717, 1.165) is 30.8 Å². The molecule has 2 N–H and O–H groups in total. The summed E-state index contributed by atoms with van der Waals surface area (Å²) in [6.07, 6.45) is 4.06. The highest BCUT2D eigenvalue weighted by Crippen LogP contribution is 2.39. The van der Waals surface area contributed by atoms with Crippen LogP contribution in [0.5, 0.6) is 0 Å². The Morgan fingerprint density at radius 1 is 1.62 bits per heavy atom. The molecule has 21 heavy (non-hydrogen) atoms. The summed E-state index contributed by atoms with van der Waals surface area (Å²) in [6, 6.07) is 1.63. The number of nitrogens with zero attached hydrogens (tertiary/aromatic N) is 1. The summed E-state index contributed by atoms with van der Waals surface area (Å²) in [7, 11) is 0. The van der Waals surface area contributed by atoms with Gasteiger partial charge in [0.1, 0.15) is 6.10 Å². The Balaban J connectivity index is 1.68. The number of thioether (sulfide) groups is 1. The molecule has 0 aromatic carbocycles. The largest absolute Gasteiger partial charge is 0.459 e. The molecule has 114 valence electrons. The van der Waals surface area contributed by atoms with Crippen LogP contribution in [0.3, 0.4) is 0 Å². The molecular formula is C15H20N2O3S. The normalized spacial score (nSPS) is 28.7. The number of esters is 1. The van der Waals surface area contributed by atoms with Crippen LogP contribution in [-0.2, 0) is 9.47 Å². The summed E-state index contributed by atoms with van der Waals surface area (Å²) >= 11 is 1.91. The maximum atomic E-state index is 12.3. The number of hydrogen-bond acceptors (Lipinski definition) is 6. The number of aromatic nitrogens is 1. The molecule has 2 atom stereocenters. The minimum absolute atomic E-state index is 0.0780. The van der Waals surface area contributed by atoms with Gasteiger partial charge in [0.15, 0.2) is 0 Å². The zero-order valence-corrected chi connectivity index (χ0v) is 12.9. The molecule has 2 aliphatic heterocycles. The molecule has 0 aliphatic carbocycles. The van der Waals surface area contributed by atoms with Crippen LogP contribution in [0.2, 0.25) is 0 Å². The smallest absolute Gasteiger partial charge is 0.340 e. The van der Waals surface area contributed by atoms with Gasteiger partial charge in [0, 0.05) is 18.6 Å². The molecule has 2 fully saturated rings. The highest BCUT2D eigenvalue weighted by molar-refractivity contribution is 7.99. The number of nitrogen functional groups attached to an aromatic ring is 1. The van der Waals surface area contributed by atoms with Gasteiger partial charge in [-0.05, 0) is 25.2 Å². The summed E-state index contributed by atoms with van der Waals surface area (Å²) in [5.41, 5.74) is 7.19. The Morgan fingerprint density at radius 3 is 3.24 bits per heavy atom. The molecule has 1 aromatic heterocycles. The molecule has 6 heteroatoms. The third-order valence-electron chi connectivity index (χ3n) is 4.12. The van der Waals surface area contributed by atoms with E-state index < -0.39 is 0 Å². The highest BCUT2D eigenvalue weighted by atomic mass is 32.2. The van der Waals surface area contributed by atoms with Gasteiger partial charge in [-0.15, -0.1) is 0 Å². The van der Waals surface area contributed by atoms with Crippen LogP contribution < -0.4 is 5.73 Å². The first-order valence-electron chi connectivity index (χ1n) is 7.23. The number of hydrogen-bond donors (Lipinski definition) is 1. The quantitative estimate of drug-likeness (QED) is 0.844. The lowest BCUT2D eigenvalue weighted by Gasteiger charge is -2.37. The van der Waals surface area contributed by atoms with Crippen molar-refractivity contribution in [3.8, 4) is 0 Å². The summed E-state index contributed by atoms with van der Waals surface area (Å²) in [6.45, 7) is 2.45. The maximum Gasteiger partial charge on any atom is 0.340 e. The average Bonchev–Trinajstić information content (AvgIpc) is 2.89. The third-order valence-corrected chi connectivity index (χ3v) is 5.34. The van der Waals surface area contributed by atoms with Gasteiger partial charge in [0.25, 0.3) is 0 Å². The first kappa shape index (κ1) is 14.7. The van der Waals surface area contributed by atoms with Crippen LogP contribution in [0, 0.1) is 6.92 Å². The van der Waals surface area contributed by atoms with E-state index in [1.807, 2.05) is 11.8 Å². The molecule has 5 nitrogen and oxygen atoms in total. The second-order valence-corrected chi connectivity index (χ2v) is 6.86. The second-order valence-electron chi connectivity index (χ2n) is 5.76. The standard InChI is InChI=1S/C15H20N2O3S/c1-10-13(6-11(16)8-17-10)14(18)20-12-2-4-19-15(7-12)3-5-21-9-15/h6,8,12H,2-5,7,9,16H2,1H3. The van der Waals surface area contributed by atoms with Crippen LogP contribution in [0.1, 0.15) is 35.3 Å². The molecule has 2 unspecified atom stereocenters. The fraction of sp³-hybridized carbons (Fsp3) is 0.600. The SMILES string of the molecule is Cc1ncc(N)cc1C(=O)OC1CCOC2(CCSC2)C1. The zero-order chi connectivity index (χ0) is 14.9. The van der Waals surface area contributed by atoms with Gasteiger partial charge in [-0.2, -0.15) is 11.8 Å². The van der Waals surface area contributed by atoms with E-state index in [-0.39, 0.29) is 17.7 Å². The van der Waals surface area contributed by atoms with E-state index in [1.165, 1.54) is 0 Å². The van der Waals surface area contributed by atoms with Crippen LogP contribution in [-0.4, -0.2) is 40.8 Å². The molecule has 1 spiro atoms. The van der Waals surface area contributed by atoms with Crippen LogP contribution >= 0.6 is 11.8 Å². The van der Waals surface area contributed by atoms with Crippen molar-refractivity contribution in [2.75, 3.05) is 23.8 Å². The number of carbonyl (C=O) groups excluding carboxylic acids is 1. The summed E-state index contributed by atoms with van der Waals surface area (Å²) in [5.74, 6) is 1.79. The van der Waals surface area contributed by atoms with Crippen LogP contribution in [0.15, 0.2) is 12.3 Å². The lowest BCUT2D eigenvalue weighted by molar-refractivity contribution is -0.106. The van der Waals surface area contributed by atoms with Gasteiger partial charge in [-0.3, -0.25) is 4.98 Å². The van der Waals surface area contributed by atoms with Crippen molar-refractivity contribution in [3.05, 3.63) is 23.5 Å². The van der Waals surface area contributed by atoms with Gasteiger partial charge < -0.3 is 15.2 Å². The van der Waals surface area contributed by atoms with Gasteiger partial charge >= 0.3 is 5.97 Å². The van der Waals surface area contributed by atoms with Crippen molar-refractivity contribution in [1.82, 2.24) is 4.98 Å². The molecule has 2 aliphatic rings. The highest BCUT2D eigenvalue weighted by Gasteiger charge is 2.41. The number of pyridine rings is 1. The van der Waals surface area contributed by atoms with Gasteiger partial charge in [-0.1, -0.05) is 0 Å². The molecule has 3 rings (SSSR count). The first-order chi connectivity index (χ1) is 10.1. The molecule has 3 heterocycles. The molecule has 0 bridgehead atoms. The van der Waals surface area contributed by atoms with Crippen molar-refractivity contribution in [3.63, 3.8) is 0 Å². The van der Waals surface area contributed by atoms with Crippen LogP contribution in [0.25, 0.3) is 0 Å². The van der Waals surface area contributed by atoms with Crippen molar-refractivity contribution in [2.24, 2.45) is 0 Å². The fourth-order valence-corrected chi connectivity index (χ4v) is 4.30. The number of aryl methyl sites for hydroxylation is 1. The molecule has 2 saturated heterocycles. The molecule has 0 radical (unpaired) electrons. The van der Waals surface area contributed by atoms with Gasteiger partial charge in [-0.25, -0.2) is 4.79 Å². The summed E-state index contributed by atoms with van der Waals surface area (Å²) in [4.78, 5) is 16.4. The fourth-order valence-electron chi connectivity index (χ4n) is 2.92. The maximum absolute atomic E-state index is 12.3. The van der Waals surface area contributed by atoms with E-state index in [0.29, 0.717) is 23.6 Å². The first-order valence-corrected chi connectivity index (χ1v) is 8.38. The van der Waals surface area contributed by atoms with Crippen molar-refractivity contribution in [2.45, 2.75) is 37.9 Å². The van der Waals surface area contributed by atoms with E-state index in [9.17, 15) is 4.79 Å². The Hall–Kier alpha value is -1.27. The summed E-state index contributed by atoms with van der Waals surface area (Å²) in [5, 5.41) is 0. The molecular weight excluding hydrogens is 288 g/mol. The number of nitrogens with two attached hydrogens (primary N) is 1. The van der Waals surface area contributed by atoms with Crippen LogP contribution in [0.4, 0.5) is 5.69 Å². The number of anilines is 1. The van der Waals surface area contributed by atoms with Gasteiger partial charge in [0.2, 0.25) is 0 Å².